The molecular formula is C10H16N6O2. The Morgan fingerprint density at radius 3 is 2.89 bits per heavy atom. The predicted octanol–water partition coefficient (Wildman–Crippen LogP) is 0.349. The van der Waals surface area contributed by atoms with Crippen molar-refractivity contribution in [3.05, 3.63) is 15.3 Å². The summed E-state index contributed by atoms with van der Waals surface area (Å²) in [6.07, 6.45) is 0. The SMILES string of the molecule is CC(N=O)[C@H](C)[C@H]1CNc2nc(N)[nH]c(=O)c2N1. The highest BCUT2D eigenvalue weighted by Gasteiger charge is 2.29. The van der Waals surface area contributed by atoms with Gasteiger partial charge in [0.2, 0.25) is 5.95 Å². The first-order chi connectivity index (χ1) is 8.52. The summed E-state index contributed by atoms with van der Waals surface area (Å²) in [5, 5.41) is 9.14. The Morgan fingerprint density at radius 2 is 2.22 bits per heavy atom. The molecule has 3 atom stereocenters. The Balaban J connectivity index is 2.25. The van der Waals surface area contributed by atoms with Crippen LogP contribution in [0, 0.1) is 10.8 Å². The largest absolute Gasteiger partial charge is 0.373 e. The zero-order valence-corrected chi connectivity index (χ0v) is 10.2. The van der Waals surface area contributed by atoms with Gasteiger partial charge in [0.25, 0.3) is 5.56 Å². The van der Waals surface area contributed by atoms with Crippen LogP contribution in [0.3, 0.4) is 0 Å². The van der Waals surface area contributed by atoms with Gasteiger partial charge in [-0.1, -0.05) is 12.1 Å². The Bertz CT molecular complexity index is 514. The van der Waals surface area contributed by atoms with Crippen LogP contribution in [0.15, 0.2) is 9.97 Å². The average Bonchev–Trinajstić information content (AvgIpc) is 2.36. The fourth-order valence-corrected chi connectivity index (χ4v) is 1.95. The maximum absolute atomic E-state index is 11.7. The van der Waals surface area contributed by atoms with Crippen molar-refractivity contribution in [3.8, 4) is 0 Å². The van der Waals surface area contributed by atoms with E-state index >= 15 is 0 Å². The number of rotatable bonds is 3. The number of nitroso groups, excluding NO2 is 1. The molecule has 1 aromatic heterocycles. The molecule has 0 fully saturated rings. The van der Waals surface area contributed by atoms with E-state index in [1.807, 2.05) is 6.92 Å². The molecule has 0 radical (unpaired) electrons. The lowest BCUT2D eigenvalue weighted by Crippen LogP contribution is -2.43. The molecule has 0 bridgehead atoms. The third kappa shape index (κ3) is 2.13. The number of fused-ring (bicyclic) bond motifs is 1. The van der Waals surface area contributed by atoms with Gasteiger partial charge in [-0.3, -0.25) is 9.78 Å². The van der Waals surface area contributed by atoms with E-state index in [0.717, 1.165) is 0 Å². The van der Waals surface area contributed by atoms with Crippen molar-refractivity contribution >= 4 is 17.5 Å². The second-order valence-electron chi connectivity index (χ2n) is 4.51. The Labute approximate surface area is 103 Å². The van der Waals surface area contributed by atoms with Crippen LogP contribution < -0.4 is 21.9 Å². The molecule has 18 heavy (non-hydrogen) atoms. The minimum absolute atomic E-state index is 0.0000954. The quantitative estimate of drug-likeness (QED) is 0.575. The van der Waals surface area contributed by atoms with E-state index in [1.54, 1.807) is 6.92 Å². The maximum Gasteiger partial charge on any atom is 0.277 e. The van der Waals surface area contributed by atoms with Crippen LogP contribution in [0.2, 0.25) is 0 Å². The molecule has 2 heterocycles. The van der Waals surface area contributed by atoms with Crippen molar-refractivity contribution in [2.45, 2.75) is 25.9 Å². The van der Waals surface area contributed by atoms with Gasteiger partial charge in [-0.05, 0) is 6.92 Å². The van der Waals surface area contributed by atoms with E-state index in [-0.39, 0.29) is 29.5 Å². The summed E-state index contributed by atoms with van der Waals surface area (Å²) >= 11 is 0. The van der Waals surface area contributed by atoms with Gasteiger partial charge < -0.3 is 16.4 Å². The van der Waals surface area contributed by atoms with Crippen LogP contribution in [-0.2, 0) is 0 Å². The molecule has 1 aromatic rings. The number of hydrogen-bond acceptors (Lipinski definition) is 7. The van der Waals surface area contributed by atoms with Crippen molar-refractivity contribution in [2.75, 3.05) is 22.9 Å². The van der Waals surface area contributed by atoms with Crippen LogP contribution in [0.5, 0.6) is 0 Å². The Hall–Kier alpha value is -2.12. The highest BCUT2D eigenvalue weighted by molar-refractivity contribution is 5.67. The standard InChI is InChI=1S/C10H16N6O2/c1-4(5(2)16-18)6-3-12-8-7(13-6)9(17)15-10(11)14-8/h4-6,13H,3H2,1-2H3,(H4,11,12,14,15,17)/t4-,5?,6+/m0/s1. The Morgan fingerprint density at radius 1 is 1.50 bits per heavy atom. The molecule has 0 aromatic carbocycles. The molecule has 0 saturated carbocycles. The van der Waals surface area contributed by atoms with Crippen LogP contribution in [0.25, 0.3) is 0 Å². The smallest absolute Gasteiger partial charge is 0.277 e. The molecule has 8 nitrogen and oxygen atoms in total. The molecule has 0 aliphatic carbocycles. The lowest BCUT2D eigenvalue weighted by atomic mass is 9.94. The van der Waals surface area contributed by atoms with Crippen molar-refractivity contribution in [2.24, 2.45) is 11.1 Å². The second kappa shape index (κ2) is 4.63. The van der Waals surface area contributed by atoms with Gasteiger partial charge in [-0.2, -0.15) is 9.89 Å². The van der Waals surface area contributed by atoms with Crippen LogP contribution in [0.1, 0.15) is 13.8 Å². The molecule has 1 aliphatic heterocycles. The highest BCUT2D eigenvalue weighted by atomic mass is 16.3. The average molecular weight is 252 g/mol. The number of nitrogens with two attached hydrogens (primary N) is 1. The molecule has 1 aliphatic rings. The normalized spacial score (nSPS) is 21.1. The van der Waals surface area contributed by atoms with E-state index in [4.69, 9.17) is 5.73 Å². The van der Waals surface area contributed by atoms with Crippen LogP contribution in [-0.4, -0.2) is 28.6 Å². The molecule has 0 spiro atoms. The summed E-state index contributed by atoms with van der Waals surface area (Å²) in [5.74, 6) is 0.508. The van der Waals surface area contributed by atoms with Gasteiger partial charge in [0.15, 0.2) is 5.82 Å². The number of nitrogens with one attached hydrogen (secondary N) is 3. The zero-order chi connectivity index (χ0) is 13.3. The minimum atomic E-state index is -0.327. The number of anilines is 3. The van der Waals surface area contributed by atoms with Gasteiger partial charge in [-0.25, -0.2) is 0 Å². The molecule has 0 saturated heterocycles. The van der Waals surface area contributed by atoms with E-state index in [2.05, 4.69) is 25.8 Å². The van der Waals surface area contributed by atoms with Gasteiger partial charge in [0.1, 0.15) is 5.69 Å². The molecule has 98 valence electrons. The van der Waals surface area contributed by atoms with Crippen LogP contribution in [0.4, 0.5) is 17.5 Å². The number of nitrogens with zero attached hydrogens (tertiary/aromatic N) is 2. The summed E-state index contributed by atoms with van der Waals surface area (Å²) < 4.78 is 0. The van der Waals surface area contributed by atoms with Crippen molar-refractivity contribution in [3.63, 3.8) is 0 Å². The van der Waals surface area contributed by atoms with E-state index < -0.39 is 0 Å². The summed E-state index contributed by atoms with van der Waals surface area (Å²) in [6.45, 7) is 4.22. The molecule has 5 N–H and O–H groups in total. The van der Waals surface area contributed by atoms with Crippen molar-refractivity contribution in [1.29, 1.82) is 0 Å². The maximum atomic E-state index is 11.7. The first-order valence-corrected chi connectivity index (χ1v) is 5.75. The number of aromatic nitrogens is 2. The fourth-order valence-electron chi connectivity index (χ4n) is 1.95. The lowest BCUT2D eigenvalue weighted by Gasteiger charge is -2.32. The molecule has 1 unspecified atom stereocenters. The molecule has 0 amide bonds. The zero-order valence-electron chi connectivity index (χ0n) is 10.2. The summed E-state index contributed by atoms with van der Waals surface area (Å²) in [4.78, 5) is 28.7. The summed E-state index contributed by atoms with van der Waals surface area (Å²) in [6, 6.07) is -0.386. The fraction of sp³-hybridized carbons (Fsp3) is 0.600. The Kier molecular flexibility index (Phi) is 3.17. The van der Waals surface area contributed by atoms with Gasteiger partial charge in [-0.15, -0.1) is 0 Å². The number of aromatic amines is 1. The first-order valence-electron chi connectivity index (χ1n) is 5.75. The number of H-pyrrole nitrogens is 1. The first kappa shape index (κ1) is 12.3. The van der Waals surface area contributed by atoms with Gasteiger partial charge >= 0.3 is 0 Å². The lowest BCUT2D eigenvalue weighted by molar-refractivity contribution is 0.421. The van der Waals surface area contributed by atoms with Crippen molar-refractivity contribution in [1.82, 2.24) is 9.97 Å². The highest BCUT2D eigenvalue weighted by Crippen LogP contribution is 2.24. The second-order valence-corrected chi connectivity index (χ2v) is 4.51. The molecule has 8 heteroatoms. The monoisotopic (exact) mass is 252 g/mol. The number of nitrogen functional groups attached to an aromatic ring is 1. The van der Waals surface area contributed by atoms with Crippen molar-refractivity contribution < 1.29 is 0 Å². The van der Waals surface area contributed by atoms with E-state index in [9.17, 15) is 9.70 Å². The molecular weight excluding hydrogens is 236 g/mol. The third-order valence-corrected chi connectivity index (χ3v) is 3.32. The predicted molar refractivity (Wildman–Crippen MR) is 69.6 cm³/mol. The van der Waals surface area contributed by atoms with Gasteiger partial charge in [0, 0.05) is 18.5 Å². The summed E-state index contributed by atoms with van der Waals surface area (Å²) in [7, 11) is 0. The van der Waals surface area contributed by atoms with E-state index in [0.29, 0.717) is 18.1 Å². The third-order valence-electron chi connectivity index (χ3n) is 3.32. The number of hydrogen-bond donors (Lipinski definition) is 4. The molecule has 2 rings (SSSR count). The minimum Gasteiger partial charge on any atom is -0.373 e. The van der Waals surface area contributed by atoms with E-state index in [1.165, 1.54) is 0 Å². The summed E-state index contributed by atoms with van der Waals surface area (Å²) in [5.41, 5.74) is 5.48. The topological polar surface area (TPSA) is 125 Å². The van der Waals surface area contributed by atoms with Crippen LogP contribution >= 0.6 is 0 Å². The van der Waals surface area contributed by atoms with Gasteiger partial charge in [0.05, 0.1) is 6.04 Å².